The summed E-state index contributed by atoms with van der Waals surface area (Å²) in [5.74, 6) is 0. The van der Waals surface area contributed by atoms with Gasteiger partial charge in [-0.25, -0.2) is 0 Å². The summed E-state index contributed by atoms with van der Waals surface area (Å²) < 4.78 is 15.0. The average molecular weight is 298 g/mol. The molecule has 0 heterocycles. The minimum Gasteiger partial charge on any atom is 0 e. The zero-order valence-corrected chi connectivity index (χ0v) is 10.6. The van der Waals surface area contributed by atoms with Crippen LogP contribution in [0.4, 0.5) is 0 Å². The van der Waals surface area contributed by atoms with E-state index in [0.717, 1.165) is 0 Å². The van der Waals surface area contributed by atoms with Gasteiger partial charge in [0.15, 0.2) is 0 Å². The maximum Gasteiger partial charge on any atom is 0 e. The molecule has 15 heavy (non-hydrogen) atoms. The Labute approximate surface area is 111 Å². The van der Waals surface area contributed by atoms with Gasteiger partial charge in [-0.05, 0) is 0 Å². The van der Waals surface area contributed by atoms with Crippen LogP contribution in [0, 0.1) is 13.3 Å². The molecule has 0 bridgehead atoms. The van der Waals surface area contributed by atoms with E-state index in [1.54, 1.807) is 0 Å². The summed E-state index contributed by atoms with van der Waals surface area (Å²) >= 11 is 7.06. The van der Waals surface area contributed by atoms with Crippen LogP contribution < -0.4 is 11.5 Å². The summed E-state index contributed by atoms with van der Waals surface area (Å²) in [5, 5.41) is 16.2. The first kappa shape index (κ1) is 29.6. The van der Waals surface area contributed by atoms with Crippen LogP contribution in [0.2, 0.25) is 0 Å². The van der Waals surface area contributed by atoms with Crippen LogP contribution in [0.25, 0.3) is 0 Å². The SMILES string of the molecule is NCC(O)S.NCC(O)S.[C-]#[O+].[C-]#[O+].[Fe]. The fraction of sp³-hybridized carbons (Fsp3) is 0.667. The van der Waals surface area contributed by atoms with E-state index in [0.29, 0.717) is 0 Å². The third-order valence-electron chi connectivity index (χ3n) is 0.422. The van der Waals surface area contributed by atoms with E-state index in [4.69, 9.17) is 31.0 Å². The number of aliphatic hydroxyl groups excluding tert-OH is 2. The van der Waals surface area contributed by atoms with Gasteiger partial charge in [0.1, 0.15) is 10.9 Å². The van der Waals surface area contributed by atoms with Gasteiger partial charge in [0.25, 0.3) is 0 Å². The molecule has 0 aliphatic heterocycles. The molecule has 0 fully saturated rings. The Bertz CT molecular complexity index is 110. The van der Waals surface area contributed by atoms with Crippen LogP contribution in [0.3, 0.4) is 0 Å². The molecular weight excluding hydrogens is 284 g/mol. The molecule has 0 aliphatic rings. The maximum atomic E-state index is 8.10. The third kappa shape index (κ3) is 111. The Morgan fingerprint density at radius 2 is 1.00 bits per heavy atom. The van der Waals surface area contributed by atoms with Gasteiger partial charge < -0.3 is 21.7 Å². The van der Waals surface area contributed by atoms with Crippen LogP contribution in [-0.2, 0) is 26.4 Å². The second-order valence-electron chi connectivity index (χ2n) is 1.43. The Morgan fingerprint density at radius 1 is 0.933 bits per heavy atom. The Balaban J connectivity index is -0.0000000318. The standard InChI is InChI=1S/2C2H7NOS.2CO.Fe/c2*3-1-2(4)5;2*1-2;/h2*2,4-5H,1,3H2;;;. The van der Waals surface area contributed by atoms with Gasteiger partial charge in [-0.3, -0.25) is 0 Å². The minimum atomic E-state index is -0.644. The van der Waals surface area contributed by atoms with Crippen molar-refractivity contribution >= 4 is 25.3 Å². The van der Waals surface area contributed by atoms with Gasteiger partial charge in [0.05, 0.1) is 0 Å². The summed E-state index contributed by atoms with van der Waals surface area (Å²) in [5.41, 5.74) is 8.40. The van der Waals surface area contributed by atoms with E-state index in [-0.39, 0.29) is 30.2 Å². The molecule has 0 spiro atoms. The molecule has 2 atom stereocenters. The first-order chi connectivity index (χ1) is 6.54. The van der Waals surface area contributed by atoms with Crippen molar-refractivity contribution in [2.75, 3.05) is 13.1 Å². The zero-order valence-electron chi connectivity index (χ0n) is 7.68. The first-order valence-electron chi connectivity index (χ1n) is 3.07. The molecule has 9 heteroatoms. The molecule has 6 nitrogen and oxygen atoms in total. The predicted molar refractivity (Wildman–Crippen MR) is 56.0 cm³/mol. The van der Waals surface area contributed by atoms with E-state index < -0.39 is 10.9 Å². The quantitative estimate of drug-likeness (QED) is 0.119. The average Bonchev–Trinajstić information content (AvgIpc) is 2.24. The predicted octanol–water partition coefficient (Wildman–Crippen LogP) is -1.69. The van der Waals surface area contributed by atoms with E-state index in [9.17, 15) is 0 Å². The minimum absolute atomic E-state index is 0. The van der Waals surface area contributed by atoms with Crippen LogP contribution in [0.1, 0.15) is 0 Å². The van der Waals surface area contributed by atoms with Crippen molar-refractivity contribution in [3.8, 4) is 0 Å². The van der Waals surface area contributed by atoms with E-state index in [2.05, 4.69) is 38.6 Å². The Kier molecular flexibility index (Phi) is 72.1. The van der Waals surface area contributed by atoms with Gasteiger partial charge >= 0.3 is 22.6 Å². The van der Waals surface area contributed by atoms with Crippen molar-refractivity contribution in [2.24, 2.45) is 11.5 Å². The van der Waals surface area contributed by atoms with Crippen molar-refractivity contribution in [3.63, 3.8) is 0 Å². The monoisotopic (exact) mass is 298 g/mol. The molecule has 0 aromatic carbocycles. The number of hydrogen-bond donors (Lipinski definition) is 6. The van der Waals surface area contributed by atoms with Gasteiger partial charge in [0, 0.05) is 30.2 Å². The third-order valence-corrected chi connectivity index (χ3v) is 0.843. The van der Waals surface area contributed by atoms with Crippen LogP contribution in [0.15, 0.2) is 0 Å². The first-order valence-corrected chi connectivity index (χ1v) is 4.11. The van der Waals surface area contributed by atoms with Gasteiger partial charge in [-0.1, -0.05) is 0 Å². The number of nitrogens with two attached hydrogens (primary N) is 2. The summed E-state index contributed by atoms with van der Waals surface area (Å²) in [6, 6.07) is 0. The molecule has 0 rings (SSSR count). The molecule has 0 amide bonds. The van der Waals surface area contributed by atoms with Crippen molar-refractivity contribution in [3.05, 3.63) is 13.3 Å². The van der Waals surface area contributed by atoms with Crippen LogP contribution in [0.5, 0.6) is 0 Å². The summed E-state index contributed by atoms with van der Waals surface area (Å²) in [6.07, 6.45) is 0. The largest absolute Gasteiger partial charge is 0 e. The zero-order chi connectivity index (χ0) is 12.6. The van der Waals surface area contributed by atoms with Gasteiger partial charge in [-0.2, -0.15) is 0 Å². The van der Waals surface area contributed by atoms with Crippen LogP contribution in [-0.4, -0.2) is 34.2 Å². The van der Waals surface area contributed by atoms with Crippen LogP contribution >= 0.6 is 25.3 Å². The number of aliphatic hydroxyl groups is 2. The molecule has 6 N–H and O–H groups in total. The topological polar surface area (TPSA) is 132 Å². The fourth-order valence-corrected chi connectivity index (χ4v) is 0. The maximum absolute atomic E-state index is 8.10. The molecule has 0 saturated carbocycles. The van der Waals surface area contributed by atoms with Crippen molar-refractivity contribution in [2.45, 2.75) is 10.9 Å². The van der Waals surface area contributed by atoms with Gasteiger partial charge in [-0.15, -0.1) is 25.3 Å². The molecule has 0 aromatic heterocycles. The second-order valence-corrected chi connectivity index (χ2v) is 2.62. The van der Waals surface area contributed by atoms with E-state index in [1.807, 2.05) is 0 Å². The molecule has 2 unspecified atom stereocenters. The van der Waals surface area contributed by atoms with Crippen molar-refractivity contribution in [1.82, 2.24) is 0 Å². The van der Waals surface area contributed by atoms with Crippen molar-refractivity contribution < 1.29 is 36.6 Å². The summed E-state index contributed by atoms with van der Waals surface area (Å²) in [6.45, 7) is 9.45. The molecule has 0 saturated heterocycles. The summed E-state index contributed by atoms with van der Waals surface area (Å²) in [4.78, 5) is 0. The molecule has 0 radical (unpaired) electrons. The van der Waals surface area contributed by atoms with E-state index in [1.165, 1.54) is 0 Å². The Morgan fingerprint density at radius 3 is 1.00 bits per heavy atom. The number of hydrogen-bond acceptors (Lipinski definition) is 6. The molecule has 0 aliphatic carbocycles. The Hall–Kier alpha value is 0.539. The van der Waals surface area contributed by atoms with Gasteiger partial charge in [0.2, 0.25) is 0 Å². The number of thiol groups is 2. The molecule has 92 valence electrons. The second kappa shape index (κ2) is 36.6. The smallest absolute Gasteiger partial charge is 0 e. The van der Waals surface area contributed by atoms with Crippen molar-refractivity contribution in [1.29, 1.82) is 0 Å². The fourth-order valence-electron chi connectivity index (χ4n) is 0. The molecular formula is C6H14FeN2O4S2. The summed E-state index contributed by atoms with van der Waals surface area (Å²) in [7, 11) is 0. The van der Waals surface area contributed by atoms with E-state index >= 15 is 0 Å². The normalized spacial score (nSPS) is 10.3. The number of rotatable bonds is 2. The molecule has 0 aromatic rings.